The van der Waals surface area contributed by atoms with Crippen molar-refractivity contribution in [3.05, 3.63) is 46.5 Å². The average molecular weight is 322 g/mol. The van der Waals surface area contributed by atoms with E-state index in [9.17, 15) is 0 Å². The summed E-state index contributed by atoms with van der Waals surface area (Å²) in [6.07, 6.45) is 1.63. The van der Waals surface area contributed by atoms with Gasteiger partial charge >= 0.3 is 0 Å². The van der Waals surface area contributed by atoms with Crippen molar-refractivity contribution in [2.75, 3.05) is 11.1 Å². The summed E-state index contributed by atoms with van der Waals surface area (Å²) >= 11 is 1.15. The fourth-order valence-electron chi connectivity index (χ4n) is 2.31. The van der Waals surface area contributed by atoms with E-state index < -0.39 is 0 Å². The molecule has 0 aliphatic carbocycles. The van der Waals surface area contributed by atoms with Crippen LogP contribution in [0.3, 0.4) is 0 Å². The average Bonchev–Trinajstić information content (AvgIpc) is 2.87. The molecule has 2 aromatic heterocycles. The van der Waals surface area contributed by atoms with E-state index in [1.165, 1.54) is 0 Å². The molecule has 0 amide bonds. The Kier molecular flexibility index (Phi) is 3.91. The Balaban J connectivity index is 1.95. The summed E-state index contributed by atoms with van der Waals surface area (Å²) in [6.45, 7) is 4.07. The van der Waals surface area contributed by atoms with Crippen molar-refractivity contribution in [3.63, 3.8) is 0 Å². The van der Waals surface area contributed by atoms with Gasteiger partial charge in [0.05, 0.1) is 5.69 Å². The van der Waals surface area contributed by atoms with E-state index >= 15 is 0 Å². The Hall–Kier alpha value is -2.98. The molecule has 3 rings (SSSR count). The Labute approximate surface area is 137 Å². The van der Waals surface area contributed by atoms with E-state index in [4.69, 9.17) is 11.0 Å². The van der Waals surface area contributed by atoms with Gasteiger partial charge in [0.1, 0.15) is 16.6 Å². The van der Waals surface area contributed by atoms with Gasteiger partial charge in [0.15, 0.2) is 5.13 Å². The second kappa shape index (κ2) is 6.02. The van der Waals surface area contributed by atoms with Gasteiger partial charge in [0.2, 0.25) is 5.95 Å². The van der Waals surface area contributed by atoms with Crippen LogP contribution in [-0.2, 0) is 0 Å². The molecule has 114 valence electrons. The number of nitrogen functional groups attached to an aromatic ring is 1. The maximum atomic E-state index is 9.16. The van der Waals surface area contributed by atoms with Crippen LogP contribution in [0, 0.1) is 25.2 Å². The summed E-state index contributed by atoms with van der Waals surface area (Å²) < 4.78 is 0. The van der Waals surface area contributed by atoms with Crippen molar-refractivity contribution in [2.24, 2.45) is 0 Å². The highest BCUT2D eigenvalue weighted by atomic mass is 32.1. The maximum Gasteiger partial charge on any atom is 0.227 e. The van der Waals surface area contributed by atoms with Gasteiger partial charge in [-0.05, 0) is 43.2 Å². The van der Waals surface area contributed by atoms with E-state index in [0.717, 1.165) is 28.2 Å². The van der Waals surface area contributed by atoms with E-state index in [1.807, 2.05) is 26.0 Å². The topological polar surface area (TPSA) is 101 Å². The first-order chi connectivity index (χ1) is 11.0. The van der Waals surface area contributed by atoms with Gasteiger partial charge in [-0.15, -0.1) is 0 Å². The first kappa shape index (κ1) is 14.9. The summed E-state index contributed by atoms with van der Waals surface area (Å²) in [5, 5.41) is 12.7. The number of thiazole rings is 1. The van der Waals surface area contributed by atoms with Crippen molar-refractivity contribution >= 4 is 28.1 Å². The lowest BCUT2D eigenvalue weighted by Gasteiger charge is -2.08. The number of nitriles is 1. The number of rotatable bonds is 3. The Morgan fingerprint density at radius 3 is 2.61 bits per heavy atom. The van der Waals surface area contributed by atoms with Crippen LogP contribution in [0.5, 0.6) is 0 Å². The lowest BCUT2D eigenvalue weighted by Crippen LogP contribution is -1.99. The number of anilines is 3. The van der Waals surface area contributed by atoms with Crippen molar-refractivity contribution in [3.8, 4) is 17.5 Å². The van der Waals surface area contributed by atoms with Gasteiger partial charge in [0, 0.05) is 11.9 Å². The molecule has 23 heavy (non-hydrogen) atoms. The minimum Gasteiger partial charge on any atom is -0.375 e. The molecule has 0 unspecified atom stereocenters. The van der Waals surface area contributed by atoms with Crippen LogP contribution in [0.15, 0.2) is 30.5 Å². The molecule has 1 aromatic carbocycles. The summed E-state index contributed by atoms with van der Waals surface area (Å²) in [5.74, 6) is 0.447. The zero-order valence-corrected chi connectivity index (χ0v) is 13.5. The fourth-order valence-corrected chi connectivity index (χ4v) is 2.95. The molecule has 0 saturated heterocycles. The molecular formula is C16H14N6S. The van der Waals surface area contributed by atoms with Gasteiger partial charge < -0.3 is 11.1 Å². The summed E-state index contributed by atoms with van der Waals surface area (Å²) in [6, 6.07) is 9.94. The molecule has 3 N–H and O–H groups in total. The van der Waals surface area contributed by atoms with Crippen LogP contribution in [-0.4, -0.2) is 15.0 Å². The monoisotopic (exact) mass is 322 g/mol. The predicted octanol–water partition coefficient (Wildman–Crippen LogP) is 3.41. The van der Waals surface area contributed by atoms with E-state index in [1.54, 1.807) is 12.3 Å². The van der Waals surface area contributed by atoms with Gasteiger partial charge in [-0.2, -0.15) is 5.26 Å². The number of nitrogens with zero attached hydrogens (tertiary/aromatic N) is 4. The molecule has 0 saturated carbocycles. The van der Waals surface area contributed by atoms with E-state index in [2.05, 4.69) is 32.4 Å². The minimum atomic E-state index is 0.346. The van der Waals surface area contributed by atoms with Crippen molar-refractivity contribution in [2.45, 2.75) is 13.8 Å². The maximum absolute atomic E-state index is 9.16. The molecule has 0 radical (unpaired) electrons. The first-order valence-electron chi connectivity index (χ1n) is 6.90. The van der Waals surface area contributed by atoms with Crippen LogP contribution in [0.25, 0.3) is 11.4 Å². The third-order valence-electron chi connectivity index (χ3n) is 3.12. The second-order valence-corrected chi connectivity index (χ2v) is 6.14. The van der Waals surface area contributed by atoms with Gasteiger partial charge in [0.25, 0.3) is 0 Å². The zero-order chi connectivity index (χ0) is 16.4. The highest BCUT2D eigenvalue weighted by Gasteiger charge is 2.13. The molecule has 3 aromatic rings. The van der Waals surface area contributed by atoms with E-state index in [0.29, 0.717) is 27.3 Å². The zero-order valence-electron chi connectivity index (χ0n) is 12.7. The summed E-state index contributed by atoms with van der Waals surface area (Å²) in [4.78, 5) is 13.3. The standard InChI is InChI=1S/C16H14N6S/c1-9-5-10(2)7-11(6-9)20-16-19-4-3-12(21-16)14-13(8-17)23-15(18)22-14/h3-7H,1-2H3,(H2,18,22)(H,19,20,21). The van der Waals surface area contributed by atoms with Gasteiger partial charge in [-0.1, -0.05) is 17.4 Å². The number of hydrogen-bond acceptors (Lipinski definition) is 7. The molecule has 7 heteroatoms. The highest BCUT2D eigenvalue weighted by molar-refractivity contribution is 7.16. The largest absolute Gasteiger partial charge is 0.375 e. The quantitative estimate of drug-likeness (QED) is 0.766. The molecule has 0 spiro atoms. The number of nitrogens with two attached hydrogens (primary N) is 1. The number of benzene rings is 1. The molecule has 0 fully saturated rings. The Morgan fingerprint density at radius 2 is 1.91 bits per heavy atom. The number of hydrogen-bond donors (Lipinski definition) is 2. The SMILES string of the molecule is Cc1cc(C)cc(Nc2nccc(-c3nc(N)sc3C#N)n2)c1. The number of aryl methyl sites for hydroxylation is 2. The summed E-state index contributed by atoms with van der Waals surface area (Å²) in [7, 11) is 0. The second-order valence-electron chi connectivity index (χ2n) is 5.11. The molecule has 0 aliphatic rings. The number of aromatic nitrogens is 3. The Bertz CT molecular complexity index is 889. The van der Waals surface area contributed by atoms with Crippen molar-refractivity contribution in [1.82, 2.24) is 15.0 Å². The third kappa shape index (κ3) is 3.27. The third-order valence-corrected chi connectivity index (χ3v) is 3.91. The number of nitrogens with one attached hydrogen (secondary N) is 1. The predicted molar refractivity (Wildman–Crippen MR) is 91.5 cm³/mol. The van der Waals surface area contributed by atoms with Crippen molar-refractivity contribution < 1.29 is 0 Å². The lowest BCUT2D eigenvalue weighted by atomic mass is 10.1. The molecule has 0 bridgehead atoms. The van der Waals surface area contributed by atoms with Crippen LogP contribution in [0.4, 0.5) is 16.8 Å². The molecule has 6 nitrogen and oxygen atoms in total. The van der Waals surface area contributed by atoms with E-state index in [-0.39, 0.29) is 0 Å². The summed E-state index contributed by atoms with van der Waals surface area (Å²) in [5.41, 5.74) is 9.96. The van der Waals surface area contributed by atoms with Gasteiger partial charge in [-0.25, -0.2) is 15.0 Å². The van der Waals surface area contributed by atoms with Crippen LogP contribution < -0.4 is 11.1 Å². The Morgan fingerprint density at radius 1 is 1.17 bits per heavy atom. The normalized spacial score (nSPS) is 10.3. The van der Waals surface area contributed by atoms with Crippen molar-refractivity contribution in [1.29, 1.82) is 5.26 Å². The van der Waals surface area contributed by atoms with Gasteiger partial charge in [-0.3, -0.25) is 0 Å². The van der Waals surface area contributed by atoms with Crippen LogP contribution >= 0.6 is 11.3 Å². The smallest absolute Gasteiger partial charge is 0.227 e. The highest BCUT2D eigenvalue weighted by Crippen LogP contribution is 2.28. The minimum absolute atomic E-state index is 0.346. The molecule has 2 heterocycles. The fraction of sp³-hybridized carbons (Fsp3) is 0.125. The first-order valence-corrected chi connectivity index (χ1v) is 7.72. The molecule has 0 aliphatic heterocycles. The van der Waals surface area contributed by atoms with Crippen LogP contribution in [0.2, 0.25) is 0 Å². The molecular weight excluding hydrogens is 308 g/mol. The molecule has 0 atom stereocenters. The lowest BCUT2D eigenvalue weighted by molar-refractivity contribution is 1.16. The van der Waals surface area contributed by atoms with Crippen LogP contribution in [0.1, 0.15) is 16.0 Å².